The molecule has 0 aliphatic heterocycles. The summed E-state index contributed by atoms with van der Waals surface area (Å²) in [6.07, 6.45) is 5.12. The first-order valence-electron chi connectivity index (χ1n) is 4.98. The quantitative estimate of drug-likeness (QED) is 0.692. The highest BCUT2D eigenvalue weighted by Crippen LogP contribution is 2.45. The molecule has 0 unspecified atom stereocenters. The molecule has 0 aromatic heterocycles. The van der Waals surface area contributed by atoms with Crippen molar-refractivity contribution in [3.63, 3.8) is 0 Å². The fraction of sp³-hybridized carbons (Fsp3) is 1.00. The van der Waals surface area contributed by atoms with Crippen molar-refractivity contribution in [3.05, 3.63) is 0 Å². The minimum Gasteiger partial charge on any atom is -0.328 e. The van der Waals surface area contributed by atoms with E-state index in [0.717, 1.165) is 0 Å². The van der Waals surface area contributed by atoms with Gasteiger partial charge in [0.15, 0.2) is 0 Å². The highest BCUT2D eigenvalue weighted by atomic mass is 15.0. The van der Waals surface area contributed by atoms with Gasteiger partial charge in [-0.05, 0) is 45.3 Å². The van der Waals surface area contributed by atoms with Crippen molar-refractivity contribution >= 4 is 0 Å². The van der Waals surface area contributed by atoms with Crippen molar-refractivity contribution in [2.75, 3.05) is 20.6 Å². The third kappa shape index (κ3) is 2.20. The Morgan fingerprint density at radius 2 is 2.00 bits per heavy atom. The summed E-state index contributed by atoms with van der Waals surface area (Å²) in [5.41, 5.74) is 6.42. The molecule has 1 saturated carbocycles. The lowest BCUT2D eigenvalue weighted by Gasteiger charge is -2.46. The minimum absolute atomic E-state index is 0.493. The second-order valence-electron chi connectivity index (χ2n) is 4.58. The fourth-order valence-corrected chi connectivity index (χ4v) is 2.18. The van der Waals surface area contributed by atoms with Gasteiger partial charge in [0.1, 0.15) is 0 Å². The summed E-state index contributed by atoms with van der Waals surface area (Å²) in [5.74, 6) is 0. The summed E-state index contributed by atoms with van der Waals surface area (Å²) in [5, 5.41) is 0. The number of rotatable bonds is 4. The van der Waals surface area contributed by atoms with E-state index in [0.29, 0.717) is 11.5 Å². The van der Waals surface area contributed by atoms with Crippen LogP contribution in [0.2, 0.25) is 0 Å². The summed E-state index contributed by atoms with van der Waals surface area (Å²) in [6, 6.07) is 0.493. The Bertz CT molecular complexity index is 137. The van der Waals surface area contributed by atoms with Crippen molar-refractivity contribution in [1.29, 1.82) is 0 Å². The molecule has 72 valence electrons. The zero-order valence-corrected chi connectivity index (χ0v) is 8.64. The maximum absolute atomic E-state index is 5.82. The van der Waals surface area contributed by atoms with Crippen LogP contribution in [0.15, 0.2) is 0 Å². The van der Waals surface area contributed by atoms with E-state index in [-0.39, 0.29) is 0 Å². The molecule has 2 N–H and O–H groups in total. The third-order valence-electron chi connectivity index (χ3n) is 3.23. The second kappa shape index (κ2) is 3.75. The van der Waals surface area contributed by atoms with Crippen LogP contribution in [0.1, 0.15) is 32.6 Å². The van der Waals surface area contributed by atoms with Crippen LogP contribution in [0.25, 0.3) is 0 Å². The molecule has 2 nitrogen and oxygen atoms in total. The predicted octanol–water partition coefficient (Wildman–Crippen LogP) is 1.46. The molecule has 0 amide bonds. The van der Waals surface area contributed by atoms with Gasteiger partial charge in [-0.1, -0.05) is 13.3 Å². The molecule has 1 aliphatic rings. The number of nitrogens with zero attached hydrogens (tertiary/aromatic N) is 1. The van der Waals surface area contributed by atoms with Gasteiger partial charge in [0.25, 0.3) is 0 Å². The predicted molar refractivity (Wildman–Crippen MR) is 53.1 cm³/mol. The standard InChI is InChI=1S/C10H22N2/c1-4-10(5-6-12(2)3)7-9(11)8-10/h9H,4-8,11H2,1-3H3. The van der Waals surface area contributed by atoms with Gasteiger partial charge in [-0.3, -0.25) is 0 Å². The summed E-state index contributed by atoms with van der Waals surface area (Å²) in [4.78, 5) is 2.27. The van der Waals surface area contributed by atoms with Gasteiger partial charge in [-0.2, -0.15) is 0 Å². The van der Waals surface area contributed by atoms with Crippen LogP contribution in [0.3, 0.4) is 0 Å². The van der Waals surface area contributed by atoms with Crippen molar-refractivity contribution < 1.29 is 0 Å². The average molecular weight is 170 g/mol. The highest BCUT2D eigenvalue weighted by Gasteiger charge is 2.40. The van der Waals surface area contributed by atoms with E-state index < -0.39 is 0 Å². The monoisotopic (exact) mass is 170 g/mol. The van der Waals surface area contributed by atoms with E-state index in [1.807, 2.05) is 0 Å². The molecule has 2 heteroatoms. The van der Waals surface area contributed by atoms with E-state index in [1.54, 1.807) is 0 Å². The van der Waals surface area contributed by atoms with Crippen molar-refractivity contribution in [1.82, 2.24) is 4.90 Å². The van der Waals surface area contributed by atoms with Crippen LogP contribution in [0, 0.1) is 5.41 Å². The fourth-order valence-electron chi connectivity index (χ4n) is 2.18. The topological polar surface area (TPSA) is 29.3 Å². The van der Waals surface area contributed by atoms with Gasteiger partial charge in [0.2, 0.25) is 0 Å². The zero-order chi connectivity index (χ0) is 9.19. The van der Waals surface area contributed by atoms with Gasteiger partial charge < -0.3 is 10.6 Å². The molecule has 12 heavy (non-hydrogen) atoms. The van der Waals surface area contributed by atoms with E-state index in [1.165, 1.54) is 32.2 Å². The van der Waals surface area contributed by atoms with Crippen LogP contribution in [0.5, 0.6) is 0 Å². The molecule has 0 radical (unpaired) electrons. The Morgan fingerprint density at radius 1 is 1.42 bits per heavy atom. The first kappa shape index (κ1) is 10.0. The lowest BCUT2D eigenvalue weighted by Crippen LogP contribution is -2.46. The molecule has 1 fully saturated rings. The smallest absolute Gasteiger partial charge is 0.00494 e. The lowest BCUT2D eigenvalue weighted by molar-refractivity contribution is 0.0768. The number of nitrogens with two attached hydrogens (primary N) is 1. The minimum atomic E-state index is 0.493. The molecule has 0 aromatic carbocycles. The van der Waals surface area contributed by atoms with Gasteiger partial charge in [-0.15, -0.1) is 0 Å². The molecule has 0 atom stereocenters. The van der Waals surface area contributed by atoms with Crippen LogP contribution < -0.4 is 5.73 Å². The highest BCUT2D eigenvalue weighted by molar-refractivity contribution is 4.95. The average Bonchev–Trinajstić information content (AvgIpc) is 1.95. The van der Waals surface area contributed by atoms with Gasteiger partial charge in [0.05, 0.1) is 0 Å². The molecule has 0 aromatic rings. The molecular weight excluding hydrogens is 148 g/mol. The van der Waals surface area contributed by atoms with Gasteiger partial charge in [0, 0.05) is 6.04 Å². The Labute approximate surface area is 76.1 Å². The third-order valence-corrected chi connectivity index (χ3v) is 3.23. The summed E-state index contributed by atoms with van der Waals surface area (Å²) in [6.45, 7) is 3.50. The SMILES string of the molecule is CCC1(CCN(C)C)CC(N)C1. The second-order valence-corrected chi connectivity index (χ2v) is 4.58. The normalized spacial score (nSPS) is 35.2. The number of hydrogen-bond donors (Lipinski definition) is 1. The molecule has 0 spiro atoms. The first-order valence-corrected chi connectivity index (χ1v) is 4.98. The van der Waals surface area contributed by atoms with Crippen molar-refractivity contribution in [2.24, 2.45) is 11.1 Å². The zero-order valence-electron chi connectivity index (χ0n) is 8.64. The van der Waals surface area contributed by atoms with E-state index >= 15 is 0 Å². The largest absolute Gasteiger partial charge is 0.328 e. The lowest BCUT2D eigenvalue weighted by atomic mass is 9.62. The molecule has 1 rings (SSSR count). The Morgan fingerprint density at radius 3 is 2.33 bits per heavy atom. The van der Waals surface area contributed by atoms with Crippen LogP contribution in [-0.2, 0) is 0 Å². The van der Waals surface area contributed by atoms with Crippen LogP contribution >= 0.6 is 0 Å². The number of hydrogen-bond acceptors (Lipinski definition) is 2. The summed E-state index contributed by atoms with van der Waals surface area (Å²) < 4.78 is 0. The summed E-state index contributed by atoms with van der Waals surface area (Å²) in [7, 11) is 4.28. The summed E-state index contributed by atoms with van der Waals surface area (Å²) >= 11 is 0. The van der Waals surface area contributed by atoms with E-state index in [2.05, 4.69) is 25.9 Å². The van der Waals surface area contributed by atoms with E-state index in [9.17, 15) is 0 Å². The maximum atomic E-state index is 5.82. The van der Waals surface area contributed by atoms with Crippen LogP contribution in [-0.4, -0.2) is 31.6 Å². The molecule has 0 bridgehead atoms. The Balaban J connectivity index is 2.27. The molecule has 0 heterocycles. The molecule has 1 aliphatic carbocycles. The Hall–Kier alpha value is -0.0800. The maximum Gasteiger partial charge on any atom is 0.00494 e. The molecule has 0 saturated heterocycles. The van der Waals surface area contributed by atoms with Crippen molar-refractivity contribution in [2.45, 2.75) is 38.6 Å². The molecular formula is C10H22N2. The van der Waals surface area contributed by atoms with Gasteiger partial charge >= 0.3 is 0 Å². The van der Waals surface area contributed by atoms with Crippen molar-refractivity contribution in [3.8, 4) is 0 Å². The Kier molecular flexibility index (Phi) is 3.13. The van der Waals surface area contributed by atoms with Crippen LogP contribution in [0.4, 0.5) is 0 Å². The van der Waals surface area contributed by atoms with E-state index in [4.69, 9.17) is 5.73 Å². The first-order chi connectivity index (χ1) is 5.58. The van der Waals surface area contributed by atoms with Gasteiger partial charge in [-0.25, -0.2) is 0 Å².